The lowest BCUT2D eigenvalue weighted by molar-refractivity contribution is 0.319. The molecular formula is C15H20F2N2. The third-order valence-corrected chi connectivity index (χ3v) is 2.84. The predicted octanol–water partition coefficient (Wildman–Crippen LogP) is 3.03. The number of hydrogen-bond acceptors (Lipinski definition) is 2. The lowest BCUT2D eigenvalue weighted by atomic mass is 10.0. The molecule has 0 spiro atoms. The van der Waals surface area contributed by atoms with E-state index in [0.717, 1.165) is 25.7 Å². The van der Waals surface area contributed by atoms with Crippen molar-refractivity contribution < 1.29 is 8.78 Å². The maximum Gasteiger partial charge on any atom is 0.126 e. The van der Waals surface area contributed by atoms with Crippen molar-refractivity contribution in [1.82, 2.24) is 4.90 Å². The van der Waals surface area contributed by atoms with Crippen molar-refractivity contribution in [2.45, 2.75) is 12.5 Å². The first-order valence-electron chi connectivity index (χ1n) is 6.22. The first-order chi connectivity index (χ1) is 9.06. The van der Waals surface area contributed by atoms with Gasteiger partial charge in [-0.15, -0.1) is 13.2 Å². The Morgan fingerprint density at radius 3 is 2.11 bits per heavy atom. The second-order valence-electron chi connectivity index (χ2n) is 4.43. The van der Waals surface area contributed by atoms with Crippen LogP contribution in [0.2, 0.25) is 0 Å². The van der Waals surface area contributed by atoms with E-state index in [1.165, 1.54) is 12.1 Å². The molecule has 0 saturated heterocycles. The monoisotopic (exact) mass is 266 g/mol. The summed E-state index contributed by atoms with van der Waals surface area (Å²) in [4.78, 5) is 2.11. The third-order valence-electron chi connectivity index (χ3n) is 2.84. The molecule has 1 aromatic carbocycles. The van der Waals surface area contributed by atoms with Gasteiger partial charge in [0.1, 0.15) is 11.6 Å². The van der Waals surface area contributed by atoms with Crippen molar-refractivity contribution >= 4 is 0 Å². The normalized spacial score (nSPS) is 12.4. The summed E-state index contributed by atoms with van der Waals surface area (Å²) in [5, 5.41) is 0. The number of benzene rings is 1. The van der Waals surface area contributed by atoms with Crippen molar-refractivity contribution in [2.24, 2.45) is 5.73 Å². The van der Waals surface area contributed by atoms with Crippen LogP contribution in [0, 0.1) is 11.6 Å². The van der Waals surface area contributed by atoms with Gasteiger partial charge in [0.05, 0.1) is 0 Å². The fourth-order valence-electron chi connectivity index (χ4n) is 1.90. The molecule has 1 aromatic rings. The summed E-state index contributed by atoms with van der Waals surface area (Å²) in [5.41, 5.74) is 6.44. The van der Waals surface area contributed by atoms with Gasteiger partial charge in [0.15, 0.2) is 0 Å². The second kappa shape index (κ2) is 7.81. The quantitative estimate of drug-likeness (QED) is 0.733. The highest BCUT2D eigenvalue weighted by molar-refractivity contribution is 5.21. The molecule has 0 heterocycles. The minimum Gasteiger partial charge on any atom is -0.324 e. The summed E-state index contributed by atoms with van der Waals surface area (Å²) in [6.07, 6.45) is 4.22. The molecule has 4 heteroatoms. The van der Waals surface area contributed by atoms with Crippen LogP contribution in [0.15, 0.2) is 43.5 Å². The summed E-state index contributed by atoms with van der Waals surface area (Å²) in [6, 6.07) is 3.01. The highest BCUT2D eigenvalue weighted by atomic mass is 19.1. The fourth-order valence-corrected chi connectivity index (χ4v) is 1.90. The van der Waals surface area contributed by atoms with Crippen molar-refractivity contribution in [3.05, 3.63) is 60.7 Å². The molecule has 0 aliphatic heterocycles. The Balaban J connectivity index is 2.60. The lowest BCUT2D eigenvalue weighted by Gasteiger charge is -2.21. The van der Waals surface area contributed by atoms with E-state index in [2.05, 4.69) is 18.1 Å². The van der Waals surface area contributed by atoms with E-state index >= 15 is 0 Å². The zero-order valence-corrected chi connectivity index (χ0v) is 11.0. The van der Waals surface area contributed by atoms with E-state index in [1.54, 1.807) is 12.2 Å². The molecule has 19 heavy (non-hydrogen) atoms. The van der Waals surface area contributed by atoms with Crippen LogP contribution in [0.5, 0.6) is 0 Å². The topological polar surface area (TPSA) is 29.3 Å². The van der Waals surface area contributed by atoms with Crippen molar-refractivity contribution in [3.63, 3.8) is 0 Å². The molecule has 1 unspecified atom stereocenters. The molecule has 0 saturated carbocycles. The van der Waals surface area contributed by atoms with Crippen LogP contribution < -0.4 is 5.73 Å². The summed E-state index contributed by atoms with van der Waals surface area (Å²) in [5.74, 6) is -1.20. The van der Waals surface area contributed by atoms with Gasteiger partial charge < -0.3 is 5.73 Å². The van der Waals surface area contributed by atoms with Crippen LogP contribution in [-0.2, 0) is 0 Å². The zero-order valence-electron chi connectivity index (χ0n) is 11.0. The Kier molecular flexibility index (Phi) is 6.39. The average molecular weight is 266 g/mol. The molecule has 2 nitrogen and oxygen atoms in total. The molecule has 1 rings (SSSR count). The first kappa shape index (κ1) is 15.5. The van der Waals surface area contributed by atoms with E-state index in [-0.39, 0.29) is 6.04 Å². The zero-order chi connectivity index (χ0) is 14.3. The molecule has 1 atom stereocenters. The summed E-state index contributed by atoms with van der Waals surface area (Å²) >= 11 is 0. The molecule has 0 bridgehead atoms. The van der Waals surface area contributed by atoms with E-state index in [0.29, 0.717) is 12.0 Å². The number of halogens is 2. The average Bonchev–Trinajstić information content (AvgIpc) is 2.35. The standard InChI is InChI=1S/C15H20F2N2/c1-3-6-19(7-4-2)8-5-15(18)12-9-13(16)11-14(17)10-12/h3-4,9-11,15H,1-2,5-8,18H2. The highest BCUT2D eigenvalue weighted by Crippen LogP contribution is 2.17. The van der Waals surface area contributed by atoms with Crippen molar-refractivity contribution in [3.8, 4) is 0 Å². The number of rotatable bonds is 8. The van der Waals surface area contributed by atoms with Crippen LogP contribution in [0.3, 0.4) is 0 Å². The molecular weight excluding hydrogens is 246 g/mol. The van der Waals surface area contributed by atoms with Crippen LogP contribution in [0.4, 0.5) is 8.78 Å². The Bertz CT molecular complexity index is 402. The Morgan fingerprint density at radius 2 is 1.63 bits per heavy atom. The van der Waals surface area contributed by atoms with E-state index in [9.17, 15) is 8.78 Å². The smallest absolute Gasteiger partial charge is 0.126 e. The van der Waals surface area contributed by atoms with Crippen LogP contribution >= 0.6 is 0 Å². The summed E-state index contributed by atoms with van der Waals surface area (Å²) in [7, 11) is 0. The van der Waals surface area contributed by atoms with Crippen LogP contribution in [0.25, 0.3) is 0 Å². The van der Waals surface area contributed by atoms with Crippen molar-refractivity contribution in [2.75, 3.05) is 19.6 Å². The van der Waals surface area contributed by atoms with Gasteiger partial charge in [0.2, 0.25) is 0 Å². The Hall–Kier alpha value is -1.52. The Labute approximate surface area is 113 Å². The van der Waals surface area contributed by atoms with Crippen LogP contribution in [0.1, 0.15) is 18.0 Å². The number of nitrogens with two attached hydrogens (primary N) is 1. The van der Waals surface area contributed by atoms with Gasteiger partial charge in [-0.2, -0.15) is 0 Å². The lowest BCUT2D eigenvalue weighted by Crippen LogP contribution is -2.28. The molecule has 2 N–H and O–H groups in total. The SMILES string of the molecule is C=CCN(CC=C)CCC(N)c1cc(F)cc(F)c1. The summed E-state index contributed by atoms with van der Waals surface area (Å²) < 4.78 is 26.2. The van der Waals surface area contributed by atoms with Gasteiger partial charge in [0, 0.05) is 31.7 Å². The summed E-state index contributed by atoms with van der Waals surface area (Å²) in [6.45, 7) is 9.55. The minimum absolute atomic E-state index is 0.387. The van der Waals surface area contributed by atoms with Gasteiger partial charge in [-0.1, -0.05) is 12.2 Å². The van der Waals surface area contributed by atoms with Crippen LogP contribution in [-0.4, -0.2) is 24.5 Å². The van der Waals surface area contributed by atoms with Gasteiger partial charge in [-0.25, -0.2) is 8.78 Å². The molecule has 0 radical (unpaired) electrons. The molecule has 0 aliphatic rings. The third kappa shape index (κ3) is 5.32. The van der Waals surface area contributed by atoms with Gasteiger partial charge in [0.25, 0.3) is 0 Å². The van der Waals surface area contributed by atoms with E-state index < -0.39 is 11.6 Å². The maximum absolute atomic E-state index is 13.1. The first-order valence-corrected chi connectivity index (χ1v) is 6.22. The minimum atomic E-state index is -0.598. The largest absolute Gasteiger partial charge is 0.324 e. The predicted molar refractivity (Wildman–Crippen MR) is 74.7 cm³/mol. The molecule has 104 valence electrons. The van der Waals surface area contributed by atoms with E-state index in [1.807, 2.05) is 0 Å². The second-order valence-corrected chi connectivity index (χ2v) is 4.43. The van der Waals surface area contributed by atoms with E-state index in [4.69, 9.17) is 5.73 Å². The van der Waals surface area contributed by atoms with Gasteiger partial charge >= 0.3 is 0 Å². The number of nitrogens with zero attached hydrogens (tertiary/aromatic N) is 1. The molecule has 0 amide bonds. The van der Waals surface area contributed by atoms with Crippen molar-refractivity contribution in [1.29, 1.82) is 0 Å². The molecule has 0 aromatic heterocycles. The van der Waals surface area contributed by atoms with Gasteiger partial charge in [-0.05, 0) is 24.1 Å². The highest BCUT2D eigenvalue weighted by Gasteiger charge is 2.11. The van der Waals surface area contributed by atoms with Gasteiger partial charge in [-0.3, -0.25) is 4.90 Å². The maximum atomic E-state index is 13.1. The number of hydrogen-bond donors (Lipinski definition) is 1. The Morgan fingerprint density at radius 1 is 1.11 bits per heavy atom. The fraction of sp³-hybridized carbons (Fsp3) is 0.333. The molecule has 0 aliphatic carbocycles. The molecule has 0 fully saturated rings.